The van der Waals surface area contributed by atoms with Crippen LogP contribution in [0, 0.1) is 70.8 Å². The van der Waals surface area contributed by atoms with Gasteiger partial charge in [-0.05, 0) is 98.7 Å². The van der Waals surface area contributed by atoms with Crippen molar-refractivity contribution in [3.63, 3.8) is 0 Å². The third kappa shape index (κ3) is 6.08. The molecule has 7 nitrogen and oxygen atoms in total. The zero-order valence-corrected chi connectivity index (χ0v) is 25.0. The van der Waals surface area contributed by atoms with E-state index in [1.54, 1.807) is 0 Å². The van der Waals surface area contributed by atoms with Gasteiger partial charge in [0.25, 0.3) is 0 Å². The monoisotopic (exact) mass is 553 g/mol. The van der Waals surface area contributed by atoms with Gasteiger partial charge in [0, 0.05) is 12.0 Å². The normalized spacial score (nSPS) is 41.0. The number of fused-ring (bicyclic) bond motifs is 5. The van der Waals surface area contributed by atoms with Gasteiger partial charge in [-0.25, -0.2) is 13.1 Å². The van der Waals surface area contributed by atoms with Crippen molar-refractivity contribution in [1.29, 1.82) is 5.26 Å². The predicted molar refractivity (Wildman–Crippen MR) is 154 cm³/mol. The molecular formula is C33H51N3O4. The van der Waals surface area contributed by atoms with E-state index in [1.165, 1.54) is 12.8 Å². The Kier molecular flexibility index (Phi) is 10.9. The fraction of sp³-hybridized carbons (Fsp3) is 0.909. The van der Waals surface area contributed by atoms with E-state index in [4.69, 9.17) is 27.4 Å². The molecule has 4 aliphatic rings. The second-order valence-electron chi connectivity index (χ2n) is 13.6. The molecule has 40 heavy (non-hydrogen) atoms. The van der Waals surface area contributed by atoms with Crippen molar-refractivity contribution >= 4 is 0 Å². The van der Waals surface area contributed by atoms with E-state index in [-0.39, 0.29) is 35.7 Å². The minimum Gasteiger partial charge on any atom is -0.396 e. The molecule has 222 valence electrons. The van der Waals surface area contributed by atoms with Gasteiger partial charge in [-0.1, -0.05) is 20.8 Å². The maximum absolute atomic E-state index is 9.55. The van der Waals surface area contributed by atoms with Gasteiger partial charge >= 0.3 is 0 Å². The molecule has 4 aliphatic carbocycles. The van der Waals surface area contributed by atoms with E-state index >= 15 is 0 Å². The van der Waals surface area contributed by atoms with Gasteiger partial charge in [0.1, 0.15) is 13.2 Å². The maximum Gasteiger partial charge on any atom is 0.237 e. The molecule has 4 fully saturated rings. The van der Waals surface area contributed by atoms with Crippen LogP contribution in [-0.2, 0) is 14.2 Å². The summed E-state index contributed by atoms with van der Waals surface area (Å²) in [5.41, 5.74) is 0.195. The van der Waals surface area contributed by atoms with Crippen LogP contribution in [0.5, 0.6) is 0 Å². The smallest absolute Gasteiger partial charge is 0.237 e. The minimum absolute atomic E-state index is 0.0121. The average Bonchev–Trinajstić information content (AvgIpc) is 3.31. The third-order valence-corrected chi connectivity index (χ3v) is 11.9. The van der Waals surface area contributed by atoms with Crippen LogP contribution in [0.4, 0.5) is 0 Å². The second-order valence-corrected chi connectivity index (χ2v) is 13.6. The summed E-state index contributed by atoms with van der Waals surface area (Å²) in [5, 5.41) is 18.8. The lowest BCUT2D eigenvalue weighted by Crippen LogP contribution is -2.63. The van der Waals surface area contributed by atoms with Crippen LogP contribution in [0.2, 0.25) is 0 Å². The van der Waals surface area contributed by atoms with Crippen molar-refractivity contribution < 1.29 is 19.3 Å². The molecule has 3 unspecified atom stereocenters. The molecule has 4 saturated carbocycles. The first-order valence-corrected chi connectivity index (χ1v) is 15.8. The first kappa shape index (κ1) is 31.3. The van der Waals surface area contributed by atoms with E-state index in [1.807, 2.05) is 0 Å². The second kappa shape index (κ2) is 14.0. The van der Waals surface area contributed by atoms with Crippen molar-refractivity contribution in [1.82, 2.24) is 0 Å². The van der Waals surface area contributed by atoms with Crippen molar-refractivity contribution in [2.45, 2.75) is 103 Å². The number of rotatable bonds is 13. The Bertz CT molecular complexity index is 955. The SMILES string of the molecule is [C-]#[N+]CCO[C@@H]1CC[C@@]2(C)C(CC(OCCC#N)C3[C@@H]4CC[C@H]([C@H](C)CCCO)[C@@]4(C)[C@@H](OCC[N+]#[C-])C[C@@H]32)C1. The van der Waals surface area contributed by atoms with Gasteiger partial charge in [-0.2, -0.15) is 5.26 Å². The van der Waals surface area contributed by atoms with Crippen LogP contribution in [0.3, 0.4) is 0 Å². The fourth-order valence-electron chi connectivity index (χ4n) is 10.0. The minimum atomic E-state index is 0.0121. The molecule has 0 radical (unpaired) electrons. The van der Waals surface area contributed by atoms with Gasteiger partial charge in [0.15, 0.2) is 0 Å². The van der Waals surface area contributed by atoms with Crippen molar-refractivity contribution in [3.05, 3.63) is 22.8 Å². The number of aliphatic hydroxyl groups excluding tert-OH is 1. The highest BCUT2D eigenvalue weighted by Crippen LogP contribution is 2.69. The number of aliphatic hydroxyl groups is 1. The number of hydrogen-bond donors (Lipinski definition) is 1. The summed E-state index contributed by atoms with van der Waals surface area (Å²) in [6, 6.07) is 2.28. The molecule has 0 aromatic rings. The lowest BCUT2D eigenvalue weighted by molar-refractivity contribution is -0.226. The zero-order valence-electron chi connectivity index (χ0n) is 25.0. The summed E-state index contributed by atoms with van der Waals surface area (Å²) < 4.78 is 19.5. The molecule has 0 bridgehead atoms. The summed E-state index contributed by atoms with van der Waals surface area (Å²) >= 11 is 0. The highest BCUT2D eigenvalue weighted by atomic mass is 16.5. The Labute approximate surface area is 242 Å². The number of hydrogen-bond acceptors (Lipinski definition) is 5. The van der Waals surface area contributed by atoms with Crippen LogP contribution in [0.15, 0.2) is 0 Å². The first-order chi connectivity index (χ1) is 19.3. The third-order valence-electron chi connectivity index (χ3n) is 11.9. The quantitative estimate of drug-likeness (QED) is 0.218. The van der Waals surface area contributed by atoms with Crippen molar-refractivity contribution in [2.75, 3.05) is 39.5 Å². The molecule has 0 aliphatic heterocycles. The summed E-state index contributed by atoms with van der Waals surface area (Å²) in [5.74, 6) is 2.94. The van der Waals surface area contributed by atoms with Gasteiger partial charge < -0.3 is 29.0 Å². The van der Waals surface area contributed by atoms with Gasteiger partial charge in [0.05, 0.1) is 37.4 Å². The molecule has 0 spiro atoms. The number of ether oxygens (including phenoxy) is 3. The average molecular weight is 554 g/mol. The van der Waals surface area contributed by atoms with E-state index in [9.17, 15) is 10.4 Å². The lowest BCUT2D eigenvalue weighted by atomic mass is 9.43. The molecule has 0 heterocycles. The number of nitriles is 1. The molecule has 7 heteroatoms. The molecule has 0 amide bonds. The van der Waals surface area contributed by atoms with Gasteiger partial charge in [-0.15, -0.1) is 0 Å². The Morgan fingerprint density at radius 3 is 2.42 bits per heavy atom. The highest BCUT2D eigenvalue weighted by molar-refractivity contribution is 5.15. The van der Waals surface area contributed by atoms with Crippen molar-refractivity contribution in [2.24, 2.45) is 46.3 Å². The Morgan fingerprint density at radius 2 is 1.73 bits per heavy atom. The molecule has 4 rings (SSSR count). The fourth-order valence-corrected chi connectivity index (χ4v) is 10.0. The van der Waals surface area contributed by atoms with Gasteiger partial charge in [0.2, 0.25) is 13.1 Å². The molecule has 1 N–H and O–H groups in total. The standard InChI is InChI=1S/C33H51N3O4/c1-23(8-6-16-37)26-9-10-27-31-28(22-30(33(26,27)3)40-19-15-36-5)32(2)12-11-25(38-18-14-35-4)20-24(32)21-29(31)39-17-7-13-34/h23-31,37H,6-12,14-22H2,1-3H3/t23-,24?,25-,26-,27+,28+,29?,30+,31?,32+,33-/m1/s1. The molecular weight excluding hydrogens is 502 g/mol. The number of nitrogens with zero attached hydrogens (tertiary/aromatic N) is 3. The topological polar surface area (TPSA) is 80.4 Å². The van der Waals surface area contributed by atoms with E-state index < -0.39 is 0 Å². The molecule has 0 aromatic heterocycles. The van der Waals surface area contributed by atoms with E-state index in [0.717, 1.165) is 44.9 Å². The Hall–Kier alpha value is -1.69. The Balaban J connectivity index is 1.66. The van der Waals surface area contributed by atoms with E-state index in [0.29, 0.717) is 74.8 Å². The van der Waals surface area contributed by atoms with Crippen molar-refractivity contribution in [3.8, 4) is 6.07 Å². The van der Waals surface area contributed by atoms with Crippen LogP contribution in [-0.4, -0.2) is 62.9 Å². The lowest BCUT2D eigenvalue weighted by Gasteiger charge is -2.64. The molecule has 0 saturated heterocycles. The maximum atomic E-state index is 9.55. The largest absolute Gasteiger partial charge is 0.396 e. The van der Waals surface area contributed by atoms with Crippen LogP contribution in [0.1, 0.15) is 85.0 Å². The van der Waals surface area contributed by atoms with Crippen LogP contribution < -0.4 is 0 Å². The predicted octanol–water partition coefficient (Wildman–Crippen LogP) is 6.18. The summed E-state index contributed by atoms with van der Waals surface area (Å²) in [7, 11) is 0. The Morgan fingerprint density at radius 1 is 0.975 bits per heavy atom. The summed E-state index contributed by atoms with van der Waals surface area (Å²) in [4.78, 5) is 7.06. The summed E-state index contributed by atoms with van der Waals surface area (Å²) in [6.07, 6.45) is 10.3. The van der Waals surface area contributed by atoms with Gasteiger partial charge in [-0.3, -0.25) is 0 Å². The molecule has 0 aromatic carbocycles. The highest BCUT2D eigenvalue weighted by Gasteiger charge is 2.66. The summed E-state index contributed by atoms with van der Waals surface area (Å²) in [6.45, 7) is 24.4. The first-order valence-electron chi connectivity index (χ1n) is 15.8. The van der Waals surface area contributed by atoms with Crippen LogP contribution in [0.25, 0.3) is 9.69 Å². The zero-order chi connectivity index (χ0) is 28.8. The molecule has 11 atom stereocenters. The van der Waals surface area contributed by atoms with Crippen LogP contribution >= 0.6 is 0 Å². The van der Waals surface area contributed by atoms with E-state index in [2.05, 4.69) is 36.5 Å².